The lowest BCUT2D eigenvalue weighted by Gasteiger charge is -2.36. The van der Waals surface area contributed by atoms with E-state index in [-0.39, 0.29) is 24.0 Å². The quantitative estimate of drug-likeness (QED) is 0.206. The maximum atomic E-state index is 5.87. The average Bonchev–Trinajstić information content (AvgIpc) is 2.82. The molecule has 0 aromatic heterocycles. The Hall–Kier alpha value is -1.16. The summed E-state index contributed by atoms with van der Waals surface area (Å²) in [5.41, 5.74) is 1.26. The largest absolute Gasteiger partial charge is 0.381 e. The van der Waals surface area contributed by atoms with Gasteiger partial charge in [0.05, 0.1) is 0 Å². The van der Waals surface area contributed by atoms with E-state index in [2.05, 4.69) is 64.5 Å². The number of hydrogen-bond acceptors (Lipinski definition) is 4. The number of nitrogens with zero attached hydrogens (tertiary/aromatic N) is 3. The molecule has 2 saturated heterocycles. The first-order valence-corrected chi connectivity index (χ1v) is 12.0. The van der Waals surface area contributed by atoms with E-state index >= 15 is 0 Å². The minimum atomic E-state index is 0. The van der Waals surface area contributed by atoms with Gasteiger partial charge in [-0.3, -0.25) is 9.89 Å². The van der Waals surface area contributed by atoms with E-state index < -0.39 is 0 Å². The third-order valence-electron chi connectivity index (χ3n) is 5.88. The molecule has 0 amide bonds. The van der Waals surface area contributed by atoms with E-state index in [1.165, 1.54) is 5.56 Å². The first-order chi connectivity index (χ1) is 15.3. The fraction of sp³-hybridized carbons (Fsp3) is 0.640. The van der Waals surface area contributed by atoms with Gasteiger partial charge >= 0.3 is 0 Å². The van der Waals surface area contributed by atoms with E-state index in [0.717, 1.165) is 97.5 Å². The SMILES string of the molecule is CCNC(=NCCCOCC1CCOCC1)N1CCN(C/C=C/c2ccccc2)CC1.I. The van der Waals surface area contributed by atoms with E-state index in [1.807, 2.05) is 0 Å². The van der Waals surface area contributed by atoms with Crippen molar-refractivity contribution in [2.45, 2.75) is 26.2 Å². The fourth-order valence-corrected chi connectivity index (χ4v) is 3.98. The van der Waals surface area contributed by atoms with Crippen LogP contribution in [0.25, 0.3) is 6.08 Å². The second-order valence-electron chi connectivity index (χ2n) is 8.32. The van der Waals surface area contributed by atoms with Crippen LogP contribution in [0.4, 0.5) is 0 Å². The van der Waals surface area contributed by atoms with Crippen molar-refractivity contribution < 1.29 is 9.47 Å². The molecule has 0 unspecified atom stereocenters. The minimum absolute atomic E-state index is 0. The number of benzene rings is 1. The molecule has 1 aromatic rings. The highest BCUT2D eigenvalue weighted by molar-refractivity contribution is 14.0. The Bertz CT molecular complexity index is 657. The minimum Gasteiger partial charge on any atom is -0.381 e. The van der Waals surface area contributed by atoms with Gasteiger partial charge in [0, 0.05) is 72.2 Å². The van der Waals surface area contributed by atoms with Gasteiger partial charge in [0.2, 0.25) is 0 Å². The van der Waals surface area contributed by atoms with Crippen LogP contribution < -0.4 is 5.32 Å². The normalized spacial score (nSPS) is 18.7. The number of ether oxygens (including phenoxy) is 2. The Balaban J connectivity index is 0.00000363. The second kappa shape index (κ2) is 16.5. The molecule has 0 aliphatic carbocycles. The summed E-state index contributed by atoms with van der Waals surface area (Å²) in [6.07, 6.45) is 7.72. The standard InChI is InChI=1S/C25H40N4O2.HI/c1-2-26-25(27-13-7-19-31-22-24-11-20-30-21-12-24)29-17-15-28(16-18-29)14-6-10-23-8-4-3-5-9-23;/h3-6,8-10,24H,2,7,11-22H2,1H3,(H,26,27);1H/b10-6+;. The molecular formula is C25H41IN4O2. The average molecular weight is 557 g/mol. The predicted molar refractivity (Wildman–Crippen MR) is 144 cm³/mol. The van der Waals surface area contributed by atoms with Crippen molar-refractivity contribution in [3.8, 4) is 0 Å². The summed E-state index contributed by atoms with van der Waals surface area (Å²) in [4.78, 5) is 9.74. The molecule has 0 spiro atoms. The molecule has 0 bridgehead atoms. The first kappa shape index (κ1) is 27.1. The number of nitrogens with one attached hydrogen (secondary N) is 1. The van der Waals surface area contributed by atoms with Gasteiger partial charge < -0.3 is 19.7 Å². The van der Waals surface area contributed by atoms with Gasteiger partial charge in [0.15, 0.2) is 5.96 Å². The molecule has 3 rings (SSSR count). The van der Waals surface area contributed by atoms with Crippen LogP contribution >= 0.6 is 24.0 Å². The number of rotatable bonds is 10. The highest BCUT2D eigenvalue weighted by atomic mass is 127. The van der Waals surface area contributed by atoms with Crippen LogP contribution in [0.15, 0.2) is 41.4 Å². The van der Waals surface area contributed by atoms with E-state index in [9.17, 15) is 0 Å². The Labute approximate surface area is 211 Å². The molecule has 2 fully saturated rings. The summed E-state index contributed by atoms with van der Waals surface area (Å²) in [7, 11) is 0. The maximum Gasteiger partial charge on any atom is 0.194 e. The van der Waals surface area contributed by atoms with Crippen LogP contribution in [-0.2, 0) is 9.47 Å². The number of guanidine groups is 1. The summed E-state index contributed by atoms with van der Waals surface area (Å²) in [6, 6.07) is 10.5. The van der Waals surface area contributed by atoms with Crippen molar-refractivity contribution in [1.29, 1.82) is 0 Å². The summed E-state index contributed by atoms with van der Waals surface area (Å²) in [5.74, 6) is 1.72. The van der Waals surface area contributed by atoms with Crippen LogP contribution in [0, 0.1) is 5.92 Å². The zero-order valence-corrected chi connectivity index (χ0v) is 21.9. The number of hydrogen-bond donors (Lipinski definition) is 1. The van der Waals surface area contributed by atoms with Crippen molar-refractivity contribution in [1.82, 2.24) is 15.1 Å². The monoisotopic (exact) mass is 556 g/mol. The van der Waals surface area contributed by atoms with Gasteiger partial charge in [-0.25, -0.2) is 0 Å². The maximum absolute atomic E-state index is 5.87. The molecule has 32 heavy (non-hydrogen) atoms. The van der Waals surface area contributed by atoms with Gasteiger partial charge in [-0.05, 0) is 37.7 Å². The van der Waals surface area contributed by atoms with Crippen LogP contribution in [0.2, 0.25) is 0 Å². The molecule has 0 atom stereocenters. The Kier molecular flexibility index (Phi) is 13.9. The third kappa shape index (κ3) is 10.2. The smallest absolute Gasteiger partial charge is 0.194 e. The third-order valence-corrected chi connectivity index (χ3v) is 5.88. The second-order valence-corrected chi connectivity index (χ2v) is 8.32. The summed E-state index contributed by atoms with van der Waals surface area (Å²) >= 11 is 0. The van der Waals surface area contributed by atoms with Crippen LogP contribution in [0.5, 0.6) is 0 Å². The summed E-state index contributed by atoms with van der Waals surface area (Å²) < 4.78 is 11.3. The van der Waals surface area contributed by atoms with E-state index in [4.69, 9.17) is 14.5 Å². The molecule has 0 saturated carbocycles. The highest BCUT2D eigenvalue weighted by Gasteiger charge is 2.18. The fourth-order valence-electron chi connectivity index (χ4n) is 3.98. The van der Waals surface area contributed by atoms with Crippen LogP contribution in [-0.4, -0.2) is 88.0 Å². The van der Waals surface area contributed by atoms with Gasteiger partial charge in [-0.15, -0.1) is 24.0 Å². The summed E-state index contributed by atoms with van der Waals surface area (Å²) in [5, 5.41) is 3.46. The van der Waals surface area contributed by atoms with Crippen molar-refractivity contribution in [2.24, 2.45) is 10.9 Å². The molecule has 2 aliphatic rings. The van der Waals surface area contributed by atoms with Gasteiger partial charge in [-0.2, -0.15) is 0 Å². The van der Waals surface area contributed by atoms with Gasteiger partial charge in [-0.1, -0.05) is 42.5 Å². The molecule has 180 valence electrons. The zero-order chi connectivity index (χ0) is 21.6. The zero-order valence-electron chi connectivity index (χ0n) is 19.6. The van der Waals surface area contributed by atoms with E-state index in [0.29, 0.717) is 5.92 Å². The molecule has 1 aromatic carbocycles. The van der Waals surface area contributed by atoms with Crippen molar-refractivity contribution in [2.75, 3.05) is 72.2 Å². The molecule has 2 aliphatic heterocycles. The highest BCUT2D eigenvalue weighted by Crippen LogP contribution is 2.14. The van der Waals surface area contributed by atoms with Crippen LogP contribution in [0.3, 0.4) is 0 Å². The lowest BCUT2D eigenvalue weighted by atomic mass is 10.0. The number of halogens is 1. The van der Waals surface area contributed by atoms with Gasteiger partial charge in [0.1, 0.15) is 0 Å². The Morgan fingerprint density at radius 3 is 2.62 bits per heavy atom. The summed E-state index contributed by atoms with van der Waals surface area (Å²) in [6.45, 7) is 12.5. The Morgan fingerprint density at radius 1 is 1.16 bits per heavy atom. The molecular weight excluding hydrogens is 515 g/mol. The molecule has 7 heteroatoms. The van der Waals surface area contributed by atoms with Crippen LogP contribution in [0.1, 0.15) is 31.7 Å². The predicted octanol–water partition coefficient (Wildman–Crippen LogP) is 3.73. The first-order valence-electron chi connectivity index (χ1n) is 12.0. The lowest BCUT2D eigenvalue weighted by Crippen LogP contribution is -2.52. The molecule has 6 nitrogen and oxygen atoms in total. The number of piperazine rings is 1. The topological polar surface area (TPSA) is 49.3 Å². The molecule has 2 heterocycles. The molecule has 0 radical (unpaired) electrons. The van der Waals surface area contributed by atoms with Crippen molar-refractivity contribution >= 4 is 36.0 Å². The van der Waals surface area contributed by atoms with Crippen molar-refractivity contribution in [3.05, 3.63) is 42.0 Å². The number of aliphatic imine (C=N–C) groups is 1. The van der Waals surface area contributed by atoms with Gasteiger partial charge in [0.25, 0.3) is 0 Å². The Morgan fingerprint density at radius 2 is 1.91 bits per heavy atom. The lowest BCUT2D eigenvalue weighted by molar-refractivity contribution is 0.0205. The van der Waals surface area contributed by atoms with Crippen molar-refractivity contribution in [3.63, 3.8) is 0 Å². The van der Waals surface area contributed by atoms with E-state index in [1.54, 1.807) is 0 Å². The molecule has 1 N–H and O–H groups in total.